The van der Waals surface area contributed by atoms with E-state index >= 15 is 0 Å². The number of anilines is 1. The van der Waals surface area contributed by atoms with Crippen molar-refractivity contribution < 1.29 is 9.18 Å². The van der Waals surface area contributed by atoms with Crippen LogP contribution in [0.2, 0.25) is 10.0 Å². The number of fused-ring (bicyclic) bond motifs is 1. The van der Waals surface area contributed by atoms with E-state index in [-0.39, 0.29) is 22.6 Å². The van der Waals surface area contributed by atoms with Crippen LogP contribution < -0.4 is 5.32 Å². The smallest absolute Gasteiger partial charge is 0.142 e. The lowest BCUT2D eigenvalue weighted by atomic mass is 9.64. The molecule has 0 aliphatic carbocycles. The summed E-state index contributed by atoms with van der Waals surface area (Å²) in [5.74, 6) is -0.738. The second-order valence-electron chi connectivity index (χ2n) is 7.01. The summed E-state index contributed by atoms with van der Waals surface area (Å²) in [5.41, 5.74) is 2.17. The number of nitrogens with one attached hydrogen (secondary N) is 1. The molecule has 0 saturated heterocycles. The standard InChI is InChI=1S/C20H20Cl2FNO/c1-11(12(2)25)19(13-5-4-6-14(21)7-13)20(3)10-24-18-9-16(22)17(23)8-15(18)20/h4-9,11,19,24H,10H2,1-3H3. The Bertz CT molecular complexity index is 838. The minimum atomic E-state index is -0.462. The van der Waals surface area contributed by atoms with Gasteiger partial charge in [-0.05, 0) is 42.3 Å². The minimum Gasteiger partial charge on any atom is -0.384 e. The van der Waals surface area contributed by atoms with Gasteiger partial charge < -0.3 is 5.32 Å². The van der Waals surface area contributed by atoms with E-state index in [0.717, 1.165) is 16.8 Å². The first-order chi connectivity index (χ1) is 11.7. The van der Waals surface area contributed by atoms with E-state index in [1.807, 2.05) is 31.2 Å². The fraction of sp³-hybridized carbons (Fsp3) is 0.350. The number of benzene rings is 2. The Balaban J connectivity index is 2.18. The maximum atomic E-state index is 14.2. The average molecular weight is 380 g/mol. The highest BCUT2D eigenvalue weighted by molar-refractivity contribution is 6.31. The van der Waals surface area contributed by atoms with Crippen molar-refractivity contribution in [3.05, 3.63) is 63.4 Å². The quantitative estimate of drug-likeness (QED) is 0.724. The van der Waals surface area contributed by atoms with Gasteiger partial charge in [-0.15, -0.1) is 0 Å². The second kappa shape index (κ2) is 6.62. The molecule has 2 aromatic carbocycles. The summed E-state index contributed by atoms with van der Waals surface area (Å²) < 4.78 is 14.2. The van der Waals surface area contributed by atoms with E-state index in [4.69, 9.17) is 23.2 Å². The van der Waals surface area contributed by atoms with Gasteiger partial charge >= 0.3 is 0 Å². The van der Waals surface area contributed by atoms with E-state index in [9.17, 15) is 9.18 Å². The van der Waals surface area contributed by atoms with E-state index in [1.54, 1.807) is 13.0 Å². The molecule has 2 aromatic rings. The maximum Gasteiger partial charge on any atom is 0.142 e. The Labute approximate surface area is 157 Å². The van der Waals surface area contributed by atoms with Crippen molar-refractivity contribution >= 4 is 34.7 Å². The predicted molar refractivity (Wildman–Crippen MR) is 101 cm³/mol. The van der Waals surface area contributed by atoms with Crippen molar-refractivity contribution in [2.24, 2.45) is 5.92 Å². The Hall–Kier alpha value is -1.58. The van der Waals surface area contributed by atoms with Crippen LogP contribution in [0, 0.1) is 11.7 Å². The van der Waals surface area contributed by atoms with Crippen molar-refractivity contribution in [1.82, 2.24) is 0 Å². The molecule has 0 bridgehead atoms. The lowest BCUT2D eigenvalue weighted by molar-refractivity contribution is -0.121. The fourth-order valence-electron chi connectivity index (χ4n) is 3.96. The molecule has 3 rings (SSSR count). The molecule has 0 saturated carbocycles. The number of carbonyl (C=O) groups excluding carboxylic acids is 1. The number of rotatable bonds is 4. The normalized spacial score (nSPS) is 21.4. The van der Waals surface area contributed by atoms with Crippen LogP contribution in [-0.2, 0) is 10.2 Å². The fourth-order valence-corrected chi connectivity index (χ4v) is 4.32. The lowest BCUT2D eigenvalue weighted by Gasteiger charge is -2.38. The number of halogens is 3. The molecule has 0 amide bonds. The molecular weight excluding hydrogens is 360 g/mol. The van der Waals surface area contributed by atoms with Gasteiger partial charge in [-0.1, -0.05) is 49.2 Å². The summed E-state index contributed by atoms with van der Waals surface area (Å²) in [5, 5.41) is 4.03. The molecule has 1 heterocycles. The first kappa shape index (κ1) is 18.2. The van der Waals surface area contributed by atoms with Crippen LogP contribution in [-0.4, -0.2) is 12.3 Å². The molecule has 0 aromatic heterocycles. The number of hydrogen-bond donors (Lipinski definition) is 1. The van der Waals surface area contributed by atoms with E-state index in [1.165, 1.54) is 6.07 Å². The highest BCUT2D eigenvalue weighted by Gasteiger charge is 2.46. The van der Waals surface area contributed by atoms with Gasteiger partial charge in [-0.25, -0.2) is 4.39 Å². The molecule has 132 valence electrons. The summed E-state index contributed by atoms with van der Waals surface area (Å²) in [6, 6.07) is 10.7. The summed E-state index contributed by atoms with van der Waals surface area (Å²) in [4.78, 5) is 12.2. The zero-order valence-corrected chi connectivity index (χ0v) is 15.9. The highest BCUT2D eigenvalue weighted by atomic mass is 35.5. The monoisotopic (exact) mass is 379 g/mol. The Kier molecular flexibility index (Phi) is 4.82. The maximum absolute atomic E-state index is 14.2. The zero-order valence-electron chi connectivity index (χ0n) is 14.4. The SMILES string of the molecule is CC(=O)C(C)C(c1cccc(Cl)c1)C1(C)CNc2cc(Cl)c(F)cc21. The highest BCUT2D eigenvalue weighted by Crippen LogP contribution is 2.50. The van der Waals surface area contributed by atoms with E-state index in [2.05, 4.69) is 12.2 Å². The van der Waals surface area contributed by atoms with Crippen LogP contribution in [0.25, 0.3) is 0 Å². The molecular formula is C20H20Cl2FNO. The van der Waals surface area contributed by atoms with E-state index in [0.29, 0.717) is 11.6 Å². The van der Waals surface area contributed by atoms with Crippen molar-refractivity contribution in [3.8, 4) is 0 Å². The third-order valence-electron chi connectivity index (χ3n) is 5.36. The van der Waals surface area contributed by atoms with Crippen LogP contribution in [0.3, 0.4) is 0 Å². The van der Waals surface area contributed by atoms with Gasteiger partial charge in [0.15, 0.2) is 0 Å². The summed E-state index contributed by atoms with van der Waals surface area (Å²) >= 11 is 12.1. The van der Waals surface area contributed by atoms with Gasteiger partial charge in [0.1, 0.15) is 11.6 Å². The summed E-state index contributed by atoms with van der Waals surface area (Å²) in [7, 11) is 0. The first-order valence-corrected chi connectivity index (χ1v) is 8.99. The molecule has 2 nitrogen and oxygen atoms in total. The van der Waals surface area contributed by atoms with Crippen LogP contribution >= 0.6 is 23.2 Å². The van der Waals surface area contributed by atoms with Gasteiger partial charge in [0.2, 0.25) is 0 Å². The second-order valence-corrected chi connectivity index (χ2v) is 7.86. The number of hydrogen-bond acceptors (Lipinski definition) is 2. The van der Waals surface area contributed by atoms with Crippen molar-refractivity contribution in [1.29, 1.82) is 0 Å². The topological polar surface area (TPSA) is 29.1 Å². The molecule has 25 heavy (non-hydrogen) atoms. The van der Waals surface area contributed by atoms with Gasteiger partial charge in [0, 0.05) is 34.5 Å². The predicted octanol–water partition coefficient (Wildman–Crippen LogP) is 5.82. The van der Waals surface area contributed by atoms with Crippen molar-refractivity contribution in [2.75, 3.05) is 11.9 Å². The van der Waals surface area contributed by atoms with E-state index < -0.39 is 11.2 Å². The van der Waals surface area contributed by atoms with Gasteiger partial charge in [0.25, 0.3) is 0 Å². The summed E-state index contributed by atoms with van der Waals surface area (Å²) in [6.07, 6.45) is 0. The molecule has 5 heteroatoms. The van der Waals surface area contributed by atoms with Gasteiger partial charge in [-0.3, -0.25) is 4.79 Å². The van der Waals surface area contributed by atoms with Crippen molar-refractivity contribution in [3.63, 3.8) is 0 Å². The number of ketones is 1. The first-order valence-electron chi connectivity index (χ1n) is 8.23. The molecule has 3 unspecified atom stereocenters. The van der Waals surface area contributed by atoms with Crippen molar-refractivity contribution in [2.45, 2.75) is 32.1 Å². The summed E-state index contributed by atoms with van der Waals surface area (Å²) in [6.45, 7) is 6.17. The van der Waals surface area contributed by atoms with Crippen LogP contribution in [0.5, 0.6) is 0 Å². The van der Waals surface area contributed by atoms with Gasteiger partial charge in [0.05, 0.1) is 5.02 Å². The largest absolute Gasteiger partial charge is 0.384 e. The lowest BCUT2D eigenvalue weighted by Crippen LogP contribution is -2.38. The Morgan fingerprint density at radius 2 is 2.00 bits per heavy atom. The number of Topliss-reactive ketones (excluding diaryl/α,β-unsaturated/α-hetero) is 1. The van der Waals surface area contributed by atoms with Gasteiger partial charge in [-0.2, -0.15) is 0 Å². The molecule has 0 spiro atoms. The molecule has 1 aliphatic heterocycles. The number of carbonyl (C=O) groups is 1. The zero-order chi connectivity index (χ0) is 18.4. The Morgan fingerprint density at radius 3 is 2.64 bits per heavy atom. The Morgan fingerprint density at radius 1 is 1.28 bits per heavy atom. The van der Waals surface area contributed by atoms with Crippen LogP contribution in [0.15, 0.2) is 36.4 Å². The molecule has 1 N–H and O–H groups in total. The third kappa shape index (κ3) is 3.16. The van der Waals surface area contributed by atoms with Crippen LogP contribution in [0.4, 0.5) is 10.1 Å². The minimum absolute atomic E-state index is 0.0917. The molecule has 0 fully saturated rings. The average Bonchev–Trinajstić information content (AvgIpc) is 2.85. The molecule has 1 aliphatic rings. The van der Waals surface area contributed by atoms with Crippen LogP contribution in [0.1, 0.15) is 37.8 Å². The molecule has 0 radical (unpaired) electrons. The third-order valence-corrected chi connectivity index (χ3v) is 5.88. The molecule has 3 atom stereocenters.